The van der Waals surface area contributed by atoms with Crippen LogP contribution in [0, 0.1) is 17.3 Å². The van der Waals surface area contributed by atoms with Gasteiger partial charge in [-0.25, -0.2) is 0 Å². The quantitative estimate of drug-likeness (QED) is 0.759. The summed E-state index contributed by atoms with van der Waals surface area (Å²) in [7, 11) is 0. The molecule has 3 nitrogen and oxygen atoms in total. The Balaban J connectivity index is 2.07. The lowest BCUT2D eigenvalue weighted by Gasteiger charge is -2.33. The van der Waals surface area contributed by atoms with Crippen LogP contribution >= 0.6 is 0 Å². The van der Waals surface area contributed by atoms with Crippen molar-refractivity contribution in [2.45, 2.75) is 59.0 Å². The molecule has 0 radical (unpaired) electrons. The number of rotatable bonds is 1. The minimum Gasteiger partial charge on any atom is -0.338 e. The average Bonchev–Trinajstić information content (AvgIpc) is 2.78. The number of nitrogens with zero attached hydrogens (tertiary/aromatic N) is 1. The van der Waals surface area contributed by atoms with E-state index in [4.69, 9.17) is 5.73 Å². The average molecular weight is 238 g/mol. The van der Waals surface area contributed by atoms with Gasteiger partial charge in [0.1, 0.15) is 0 Å². The second kappa shape index (κ2) is 4.27. The summed E-state index contributed by atoms with van der Waals surface area (Å²) < 4.78 is 0. The van der Waals surface area contributed by atoms with Gasteiger partial charge in [0.2, 0.25) is 5.91 Å². The minimum absolute atomic E-state index is 0.144. The van der Waals surface area contributed by atoms with Crippen molar-refractivity contribution >= 4 is 5.91 Å². The number of hydrogen-bond acceptors (Lipinski definition) is 2. The smallest absolute Gasteiger partial charge is 0.240 e. The molecule has 2 N–H and O–H groups in total. The first kappa shape index (κ1) is 12.9. The molecule has 1 heterocycles. The van der Waals surface area contributed by atoms with Crippen LogP contribution in [0.25, 0.3) is 0 Å². The Kier molecular flexibility index (Phi) is 3.23. The zero-order valence-electron chi connectivity index (χ0n) is 11.6. The first-order valence-electron chi connectivity index (χ1n) is 6.88. The molecule has 0 aromatic carbocycles. The molecule has 2 aliphatic rings. The summed E-state index contributed by atoms with van der Waals surface area (Å²) >= 11 is 0. The molecular formula is C14H26N2O. The van der Waals surface area contributed by atoms with Crippen molar-refractivity contribution in [1.29, 1.82) is 0 Å². The van der Waals surface area contributed by atoms with Crippen LogP contribution in [0.2, 0.25) is 0 Å². The molecule has 1 aliphatic carbocycles. The van der Waals surface area contributed by atoms with Gasteiger partial charge in [-0.3, -0.25) is 4.79 Å². The SMILES string of the molecule is CC1C2CCCC2CN1C(=O)C(N)C(C)(C)C. The molecule has 2 rings (SSSR count). The van der Waals surface area contributed by atoms with Crippen LogP contribution in [0.3, 0.4) is 0 Å². The third kappa shape index (κ3) is 2.22. The molecule has 1 saturated carbocycles. The van der Waals surface area contributed by atoms with Gasteiger partial charge in [0.25, 0.3) is 0 Å². The Morgan fingerprint density at radius 2 is 2.00 bits per heavy atom. The molecule has 1 amide bonds. The van der Waals surface area contributed by atoms with Gasteiger partial charge < -0.3 is 10.6 Å². The standard InChI is InChI=1S/C14H26N2O/c1-9-11-7-5-6-10(11)8-16(9)13(17)12(15)14(2,3)4/h9-12H,5-8,15H2,1-4H3. The van der Waals surface area contributed by atoms with Crippen LogP contribution in [0.1, 0.15) is 47.0 Å². The summed E-state index contributed by atoms with van der Waals surface area (Å²) in [6, 6.07) is 0.0205. The van der Waals surface area contributed by atoms with E-state index in [-0.39, 0.29) is 17.4 Å². The molecule has 1 aliphatic heterocycles. The molecule has 4 atom stereocenters. The molecule has 17 heavy (non-hydrogen) atoms. The Hall–Kier alpha value is -0.570. The zero-order chi connectivity index (χ0) is 12.8. The number of fused-ring (bicyclic) bond motifs is 1. The summed E-state index contributed by atoms with van der Waals surface area (Å²) in [4.78, 5) is 14.5. The third-order valence-corrected chi connectivity index (χ3v) is 4.74. The van der Waals surface area contributed by atoms with Crippen LogP contribution in [-0.2, 0) is 4.79 Å². The molecule has 0 aromatic heterocycles. The molecular weight excluding hydrogens is 212 g/mol. The molecule has 98 valence electrons. The van der Waals surface area contributed by atoms with Crippen molar-refractivity contribution < 1.29 is 4.79 Å². The van der Waals surface area contributed by atoms with E-state index >= 15 is 0 Å². The second-order valence-corrected chi connectivity index (χ2v) is 6.93. The Morgan fingerprint density at radius 3 is 2.53 bits per heavy atom. The Bertz CT molecular complexity index is 308. The predicted octanol–water partition coefficient (Wildman–Crippen LogP) is 2.01. The first-order valence-corrected chi connectivity index (χ1v) is 6.88. The monoisotopic (exact) mass is 238 g/mol. The lowest BCUT2D eigenvalue weighted by molar-refractivity contribution is -0.136. The van der Waals surface area contributed by atoms with Crippen LogP contribution in [0.4, 0.5) is 0 Å². The van der Waals surface area contributed by atoms with E-state index in [1.807, 2.05) is 25.7 Å². The lowest BCUT2D eigenvalue weighted by atomic mass is 9.86. The van der Waals surface area contributed by atoms with E-state index in [1.165, 1.54) is 19.3 Å². The molecule has 0 aromatic rings. The van der Waals surface area contributed by atoms with Crippen LogP contribution in [0.15, 0.2) is 0 Å². The number of amides is 1. The highest BCUT2D eigenvalue weighted by Crippen LogP contribution is 2.42. The largest absolute Gasteiger partial charge is 0.338 e. The normalized spacial score (nSPS) is 34.9. The van der Waals surface area contributed by atoms with Gasteiger partial charge >= 0.3 is 0 Å². The van der Waals surface area contributed by atoms with Crippen LogP contribution < -0.4 is 5.73 Å². The van der Waals surface area contributed by atoms with E-state index in [9.17, 15) is 4.79 Å². The predicted molar refractivity (Wildman–Crippen MR) is 69.4 cm³/mol. The fourth-order valence-corrected chi connectivity index (χ4v) is 3.42. The fraction of sp³-hybridized carbons (Fsp3) is 0.929. The van der Waals surface area contributed by atoms with Gasteiger partial charge in [0, 0.05) is 12.6 Å². The maximum Gasteiger partial charge on any atom is 0.240 e. The van der Waals surface area contributed by atoms with Gasteiger partial charge in [-0.15, -0.1) is 0 Å². The van der Waals surface area contributed by atoms with Gasteiger partial charge in [0.15, 0.2) is 0 Å². The minimum atomic E-state index is -0.372. The number of likely N-dealkylation sites (tertiary alicyclic amines) is 1. The molecule has 1 saturated heterocycles. The maximum absolute atomic E-state index is 12.4. The second-order valence-electron chi connectivity index (χ2n) is 6.93. The summed E-state index contributed by atoms with van der Waals surface area (Å²) in [6.07, 6.45) is 3.93. The summed E-state index contributed by atoms with van der Waals surface area (Å²) in [6.45, 7) is 9.25. The number of carbonyl (C=O) groups is 1. The fourth-order valence-electron chi connectivity index (χ4n) is 3.42. The first-order chi connectivity index (χ1) is 7.82. The van der Waals surface area contributed by atoms with Gasteiger partial charge in [-0.2, -0.15) is 0 Å². The number of carbonyl (C=O) groups excluding carboxylic acids is 1. The Labute approximate surface area is 105 Å². The highest BCUT2D eigenvalue weighted by atomic mass is 16.2. The summed E-state index contributed by atoms with van der Waals surface area (Å²) in [5.74, 6) is 1.62. The van der Waals surface area contributed by atoms with Crippen molar-refractivity contribution in [1.82, 2.24) is 4.90 Å². The maximum atomic E-state index is 12.4. The van der Waals surface area contributed by atoms with Crippen molar-refractivity contribution in [2.24, 2.45) is 23.0 Å². The van der Waals surface area contributed by atoms with Crippen LogP contribution in [-0.4, -0.2) is 29.4 Å². The van der Waals surface area contributed by atoms with Crippen LogP contribution in [0.5, 0.6) is 0 Å². The van der Waals surface area contributed by atoms with Gasteiger partial charge in [0.05, 0.1) is 6.04 Å². The van der Waals surface area contributed by atoms with Crippen molar-refractivity contribution in [3.05, 3.63) is 0 Å². The highest BCUT2D eigenvalue weighted by molar-refractivity contribution is 5.83. The van der Waals surface area contributed by atoms with Crippen molar-refractivity contribution in [2.75, 3.05) is 6.54 Å². The third-order valence-electron chi connectivity index (χ3n) is 4.74. The summed E-state index contributed by atoms with van der Waals surface area (Å²) in [5.41, 5.74) is 5.95. The summed E-state index contributed by atoms with van der Waals surface area (Å²) in [5, 5.41) is 0. The lowest BCUT2D eigenvalue weighted by Crippen LogP contribution is -2.51. The molecule has 0 spiro atoms. The molecule has 2 fully saturated rings. The van der Waals surface area contributed by atoms with Crippen molar-refractivity contribution in [3.8, 4) is 0 Å². The van der Waals surface area contributed by atoms with E-state index < -0.39 is 0 Å². The van der Waals surface area contributed by atoms with E-state index in [0.717, 1.165) is 18.4 Å². The Morgan fingerprint density at radius 1 is 1.35 bits per heavy atom. The van der Waals surface area contributed by atoms with Gasteiger partial charge in [-0.05, 0) is 37.0 Å². The number of hydrogen-bond donors (Lipinski definition) is 1. The van der Waals surface area contributed by atoms with E-state index in [1.54, 1.807) is 0 Å². The molecule has 0 bridgehead atoms. The zero-order valence-corrected chi connectivity index (χ0v) is 11.6. The van der Waals surface area contributed by atoms with Gasteiger partial charge in [-0.1, -0.05) is 27.2 Å². The van der Waals surface area contributed by atoms with Crippen molar-refractivity contribution in [3.63, 3.8) is 0 Å². The number of nitrogens with two attached hydrogens (primary N) is 1. The topological polar surface area (TPSA) is 46.3 Å². The molecule has 3 heteroatoms. The van der Waals surface area contributed by atoms with E-state index in [0.29, 0.717) is 6.04 Å². The highest BCUT2D eigenvalue weighted by Gasteiger charge is 2.45. The molecule has 4 unspecified atom stereocenters. The van der Waals surface area contributed by atoms with E-state index in [2.05, 4.69) is 6.92 Å².